The summed E-state index contributed by atoms with van der Waals surface area (Å²) in [5.74, 6) is 0.0765. The number of hydrogen-bond donors (Lipinski definition) is 2. The van der Waals surface area contributed by atoms with Crippen molar-refractivity contribution >= 4 is 11.6 Å². The maximum atomic E-state index is 11.6. The molecule has 1 aliphatic rings. The van der Waals surface area contributed by atoms with Crippen LogP contribution in [-0.2, 0) is 17.6 Å². The molecule has 1 aliphatic heterocycles. The van der Waals surface area contributed by atoms with Crippen LogP contribution in [0.5, 0.6) is 0 Å². The van der Waals surface area contributed by atoms with E-state index in [4.69, 9.17) is 5.73 Å². The first-order valence-electron chi connectivity index (χ1n) is 5.84. The van der Waals surface area contributed by atoms with Gasteiger partial charge in [0, 0.05) is 5.69 Å². The van der Waals surface area contributed by atoms with Crippen LogP contribution >= 0.6 is 0 Å². The summed E-state index contributed by atoms with van der Waals surface area (Å²) in [4.78, 5) is 11.6. The lowest BCUT2D eigenvalue weighted by Crippen LogP contribution is -2.08. The number of nitrogens with two attached hydrogens (primary N) is 1. The molecule has 1 aromatic carbocycles. The van der Waals surface area contributed by atoms with Crippen molar-refractivity contribution in [2.24, 2.45) is 5.73 Å². The Morgan fingerprint density at radius 1 is 1.44 bits per heavy atom. The first-order chi connectivity index (χ1) is 7.67. The highest BCUT2D eigenvalue weighted by molar-refractivity contribution is 6.03. The number of carbonyl (C=O) groups is 1. The molecular weight excluding hydrogens is 200 g/mol. The molecule has 0 saturated carbocycles. The molecule has 1 amide bonds. The highest BCUT2D eigenvalue weighted by Gasteiger charge is 2.28. The molecule has 1 atom stereocenters. The molecule has 3 heteroatoms. The summed E-state index contributed by atoms with van der Waals surface area (Å²) >= 11 is 0. The van der Waals surface area contributed by atoms with Crippen LogP contribution in [0.25, 0.3) is 0 Å². The van der Waals surface area contributed by atoms with Crippen molar-refractivity contribution in [1.82, 2.24) is 0 Å². The average molecular weight is 218 g/mol. The quantitative estimate of drug-likeness (QED) is 0.813. The third-order valence-electron chi connectivity index (χ3n) is 3.23. The minimum Gasteiger partial charge on any atom is -0.330 e. The smallest absolute Gasteiger partial charge is 0.231 e. The molecule has 1 unspecified atom stereocenters. The number of carbonyl (C=O) groups excluding carboxylic acids is 1. The molecule has 3 nitrogen and oxygen atoms in total. The number of anilines is 1. The second-order valence-corrected chi connectivity index (χ2v) is 4.32. The molecule has 16 heavy (non-hydrogen) atoms. The molecule has 86 valence electrons. The Kier molecular flexibility index (Phi) is 2.97. The van der Waals surface area contributed by atoms with Crippen molar-refractivity contribution in [2.45, 2.75) is 32.6 Å². The van der Waals surface area contributed by atoms with E-state index in [1.54, 1.807) is 0 Å². The number of fused-ring (bicyclic) bond motifs is 1. The number of aryl methyl sites for hydroxylation is 1. The second-order valence-electron chi connectivity index (χ2n) is 4.32. The van der Waals surface area contributed by atoms with Gasteiger partial charge in [-0.3, -0.25) is 4.79 Å². The maximum absolute atomic E-state index is 11.6. The molecule has 0 spiro atoms. The minimum atomic E-state index is -0.0296. The molecule has 0 fully saturated rings. The Hall–Kier alpha value is -1.35. The largest absolute Gasteiger partial charge is 0.330 e. The van der Waals surface area contributed by atoms with Crippen molar-refractivity contribution in [3.05, 3.63) is 28.8 Å². The van der Waals surface area contributed by atoms with Crippen molar-refractivity contribution in [1.29, 1.82) is 0 Å². The Morgan fingerprint density at radius 3 is 2.81 bits per heavy atom. The molecule has 0 saturated heterocycles. The zero-order valence-corrected chi connectivity index (χ0v) is 9.84. The number of amides is 1. The third-order valence-corrected chi connectivity index (χ3v) is 3.23. The highest BCUT2D eigenvalue weighted by atomic mass is 16.2. The molecule has 0 aliphatic carbocycles. The summed E-state index contributed by atoms with van der Waals surface area (Å²) in [7, 11) is 0. The normalized spacial score (nSPS) is 18.4. The van der Waals surface area contributed by atoms with Gasteiger partial charge in [-0.15, -0.1) is 0 Å². The van der Waals surface area contributed by atoms with Crippen molar-refractivity contribution in [3.63, 3.8) is 0 Å². The van der Waals surface area contributed by atoms with Gasteiger partial charge in [-0.2, -0.15) is 0 Å². The predicted octanol–water partition coefficient (Wildman–Crippen LogP) is 1.81. The van der Waals surface area contributed by atoms with E-state index in [-0.39, 0.29) is 11.8 Å². The van der Waals surface area contributed by atoms with Gasteiger partial charge in [0.1, 0.15) is 0 Å². The monoisotopic (exact) mass is 218 g/mol. The fourth-order valence-corrected chi connectivity index (χ4v) is 2.25. The SMILES string of the molecule is CCc1cc(CCN)cc2c1NC(=O)C2C. The zero-order valence-electron chi connectivity index (χ0n) is 9.84. The average Bonchev–Trinajstić information content (AvgIpc) is 2.56. The number of hydrogen-bond acceptors (Lipinski definition) is 2. The first-order valence-corrected chi connectivity index (χ1v) is 5.84. The molecular formula is C13H18N2O. The Balaban J connectivity index is 2.49. The Bertz CT molecular complexity index is 426. The fraction of sp³-hybridized carbons (Fsp3) is 0.462. The third kappa shape index (κ3) is 1.71. The Labute approximate surface area is 96.0 Å². The fourth-order valence-electron chi connectivity index (χ4n) is 2.25. The number of rotatable bonds is 3. The van der Waals surface area contributed by atoms with Crippen LogP contribution in [0.15, 0.2) is 12.1 Å². The number of nitrogens with one attached hydrogen (secondary N) is 1. The maximum Gasteiger partial charge on any atom is 0.231 e. The van der Waals surface area contributed by atoms with E-state index < -0.39 is 0 Å². The Morgan fingerprint density at radius 2 is 2.19 bits per heavy atom. The van der Waals surface area contributed by atoms with Crippen LogP contribution in [-0.4, -0.2) is 12.5 Å². The second kappa shape index (κ2) is 4.26. The van der Waals surface area contributed by atoms with E-state index in [0.29, 0.717) is 6.54 Å². The molecule has 0 bridgehead atoms. The molecule has 1 heterocycles. The van der Waals surface area contributed by atoms with Gasteiger partial charge in [-0.05, 0) is 43.0 Å². The van der Waals surface area contributed by atoms with Gasteiger partial charge in [0.2, 0.25) is 5.91 Å². The molecule has 3 N–H and O–H groups in total. The molecule has 0 aromatic heterocycles. The van der Waals surface area contributed by atoms with E-state index in [2.05, 4.69) is 24.4 Å². The lowest BCUT2D eigenvalue weighted by molar-refractivity contribution is -0.116. The lowest BCUT2D eigenvalue weighted by atomic mass is 9.95. The lowest BCUT2D eigenvalue weighted by Gasteiger charge is -2.10. The topological polar surface area (TPSA) is 55.1 Å². The van der Waals surface area contributed by atoms with E-state index in [9.17, 15) is 4.79 Å². The van der Waals surface area contributed by atoms with Gasteiger partial charge in [0.15, 0.2) is 0 Å². The zero-order chi connectivity index (χ0) is 11.7. The number of benzene rings is 1. The van der Waals surface area contributed by atoms with E-state index in [1.165, 1.54) is 11.1 Å². The molecule has 1 aromatic rings. The van der Waals surface area contributed by atoms with Crippen LogP contribution in [0.4, 0.5) is 5.69 Å². The van der Waals surface area contributed by atoms with Gasteiger partial charge >= 0.3 is 0 Å². The predicted molar refractivity (Wildman–Crippen MR) is 65.6 cm³/mol. The summed E-state index contributed by atoms with van der Waals surface area (Å²) in [6, 6.07) is 4.27. The highest BCUT2D eigenvalue weighted by Crippen LogP contribution is 2.36. The van der Waals surface area contributed by atoms with E-state index in [0.717, 1.165) is 24.1 Å². The van der Waals surface area contributed by atoms with E-state index >= 15 is 0 Å². The summed E-state index contributed by atoms with van der Waals surface area (Å²) in [6.45, 7) is 4.71. The van der Waals surface area contributed by atoms with E-state index in [1.807, 2.05) is 6.92 Å². The van der Waals surface area contributed by atoms with Crippen molar-refractivity contribution in [2.75, 3.05) is 11.9 Å². The van der Waals surface area contributed by atoms with Crippen LogP contribution < -0.4 is 11.1 Å². The molecule has 2 rings (SSSR count). The van der Waals surface area contributed by atoms with Crippen LogP contribution in [0.1, 0.15) is 36.5 Å². The van der Waals surface area contributed by atoms with Gasteiger partial charge in [-0.25, -0.2) is 0 Å². The summed E-state index contributed by atoms with van der Waals surface area (Å²) < 4.78 is 0. The van der Waals surface area contributed by atoms with Gasteiger partial charge < -0.3 is 11.1 Å². The van der Waals surface area contributed by atoms with Crippen LogP contribution in [0.2, 0.25) is 0 Å². The van der Waals surface area contributed by atoms with Gasteiger partial charge in [0.05, 0.1) is 5.92 Å². The van der Waals surface area contributed by atoms with Crippen molar-refractivity contribution < 1.29 is 4.79 Å². The van der Waals surface area contributed by atoms with Gasteiger partial charge in [-0.1, -0.05) is 19.1 Å². The van der Waals surface area contributed by atoms with Gasteiger partial charge in [0.25, 0.3) is 0 Å². The van der Waals surface area contributed by atoms with Crippen LogP contribution in [0.3, 0.4) is 0 Å². The first kappa shape index (κ1) is 11.1. The summed E-state index contributed by atoms with van der Waals surface area (Å²) in [5.41, 5.74) is 10.2. The molecule has 0 radical (unpaired) electrons. The van der Waals surface area contributed by atoms with Crippen LogP contribution in [0, 0.1) is 0 Å². The standard InChI is InChI=1S/C13H18N2O/c1-3-10-6-9(4-5-14)7-11-8(2)13(16)15-12(10)11/h6-8H,3-5,14H2,1-2H3,(H,15,16). The summed E-state index contributed by atoms with van der Waals surface area (Å²) in [5, 5.41) is 2.97. The van der Waals surface area contributed by atoms with Crippen molar-refractivity contribution in [3.8, 4) is 0 Å². The summed E-state index contributed by atoms with van der Waals surface area (Å²) in [6.07, 6.45) is 1.81. The minimum absolute atomic E-state index is 0.0296.